The Bertz CT molecular complexity index is 1360. The number of nitrogens with zero attached hydrogens (tertiary/aromatic N) is 2. The highest BCUT2D eigenvalue weighted by molar-refractivity contribution is 5.90. The van der Waals surface area contributed by atoms with E-state index in [-0.39, 0.29) is 6.61 Å². The molecule has 4 aromatic rings. The van der Waals surface area contributed by atoms with Gasteiger partial charge in [-0.3, -0.25) is 0 Å². The Morgan fingerprint density at radius 3 is 2.08 bits per heavy atom. The Kier molecular flexibility index (Phi) is 7.33. The van der Waals surface area contributed by atoms with Crippen molar-refractivity contribution in [2.75, 3.05) is 6.61 Å². The van der Waals surface area contributed by atoms with E-state index in [4.69, 9.17) is 14.2 Å². The van der Waals surface area contributed by atoms with Crippen LogP contribution in [0.2, 0.25) is 0 Å². The fourth-order valence-electron chi connectivity index (χ4n) is 4.29. The Hall–Kier alpha value is -4.36. The van der Waals surface area contributed by atoms with Gasteiger partial charge in [0.05, 0.1) is 22.5 Å². The van der Waals surface area contributed by atoms with Crippen LogP contribution in [0, 0.1) is 6.92 Å². The van der Waals surface area contributed by atoms with Crippen LogP contribution in [-0.2, 0) is 14.2 Å². The molecule has 186 valence electrons. The third-order valence-electron chi connectivity index (χ3n) is 6.11. The van der Waals surface area contributed by atoms with Gasteiger partial charge in [0.1, 0.15) is 30.7 Å². The van der Waals surface area contributed by atoms with E-state index in [1.54, 1.807) is 48.5 Å². The van der Waals surface area contributed by atoms with E-state index in [9.17, 15) is 9.59 Å². The second-order valence-electron chi connectivity index (χ2n) is 8.76. The summed E-state index contributed by atoms with van der Waals surface area (Å²) in [5, 5.41) is 0. The van der Waals surface area contributed by atoms with Gasteiger partial charge >= 0.3 is 11.9 Å². The van der Waals surface area contributed by atoms with E-state index >= 15 is 0 Å². The van der Waals surface area contributed by atoms with Gasteiger partial charge in [0.15, 0.2) is 0 Å². The summed E-state index contributed by atoms with van der Waals surface area (Å²) in [6.07, 6.45) is -1.37. The highest BCUT2D eigenvalue weighted by Gasteiger charge is 2.40. The van der Waals surface area contributed by atoms with E-state index in [0.717, 1.165) is 11.3 Å². The van der Waals surface area contributed by atoms with Crippen molar-refractivity contribution in [3.05, 3.63) is 120 Å². The lowest BCUT2D eigenvalue weighted by Gasteiger charge is -2.19. The van der Waals surface area contributed by atoms with Crippen molar-refractivity contribution in [2.24, 2.45) is 0 Å². The minimum Gasteiger partial charge on any atom is -0.459 e. The van der Waals surface area contributed by atoms with Crippen molar-refractivity contribution in [1.29, 1.82) is 0 Å². The Morgan fingerprint density at radius 1 is 0.838 bits per heavy atom. The molecule has 0 saturated carbocycles. The topological polar surface area (TPSA) is 87.6 Å². The van der Waals surface area contributed by atoms with Crippen molar-refractivity contribution in [2.45, 2.75) is 31.7 Å². The molecule has 1 fully saturated rings. The molecule has 0 amide bonds. The average molecular weight is 495 g/mol. The smallest absolute Gasteiger partial charge is 0.338 e. The fraction of sp³-hybridized carbons (Fsp3) is 0.200. The predicted octanol–water partition coefficient (Wildman–Crippen LogP) is 5.36. The van der Waals surface area contributed by atoms with E-state index in [1.165, 1.54) is 0 Å². The number of hydrogen-bond acceptors (Lipinski definition) is 7. The summed E-state index contributed by atoms with van der Waals surface area (Å²) in [5.41, 5.74) is 3.31. The van der Waals surface area contributed by atoms with Gasteiger partial charge in [-0.1, -0.05) is 66.7 Å². The predicted molar refractivity (Wildman–Crippen MR) is 137 cm³/mol. The number of ether oxygens (including phenoxy) is 3. The number of rotatable bonds is 7. The molecule has 1 aliphatic rings. The number of hydrogen-bond donors (Lipinski definition) is 0. The van der Waals surface area contributed by atoms with Gasteiger partial charge < -0.3 is 14.2 Å². The first-order valence-electron chi connectivity index (χ1n) is 12.1. The number of aromatic nitrogens is 2. The van der Waals surface area contributed by atoms with E-state index < -0.39 is 30.3 Å². The lowest BCUT2D eigenvalue weighted by atomic mass is 10.1. The quantitative estimate of drug-likeness (QED) is 0.319. The van der Waals surface area contributed by atoms with Crippen LogP contribution in [-0.4, -0.2) is 40.7 Å². The summed E-state index contributed by atoms with van der Waals surface area (Å²) in [7, 11) is 0. The lowest BCUT2D eigenvalue weighted by molar-refractivity contribution is -0.0433. The van der Waals surface area contributed by atoms with Gasteiger partial charge in [0, 0.05) is 12.0 Å². The van der Waals surface area contributed by atoms with E-state index in [2.05, 4.69) is 9.97 Å². The molecule has 5 rings (SSSR count). The molecule has 1 aromatic heterocycles. The lowest BCUT2D eigenvalue weighted by Crippen LogP contribution is -2.32. The standard InChI is InChI=1S/C30H26N2O5/c1-20-31-24(21-11-5-2-6-12-21)17-25(32-20)26-18-27(37-30(34)23-15-9-4-10-16-23)28(36-26)19-35-29(33)22-13-7-3-8-14-22/h2-17,26-28H,18-19H2,1H3/t26-,27-,28+/m0/s1. The zero-order valence-electron chi connectivity index (χ0n) is 20.3. The molecule has 3 aromatic carbocycles. The van der Waals surface area contributed by atoms with Crippen LogP contribution in [0.1, 0.15) is 44.8 Å². The first-order valence-corrected chi connectivity index (χ1v) is 12.1. The van der Waals surface area contributed by atoms with Crippen LogP contribution in [0.4, 0.5) is 0 Å². The molecular formula is C30H26N2O5. The third kappa shape index (κ3) is 5.90. The van der Waals surface area contributed by atoms with Crippen LogP contribution < -0.4 is 0 Å². The molecule has 7 heteroatoms. The maximum atomic E-state index is 12.8. The van der Waals surface area contributed by atoms with Crippen molar-refractivity contribution in [1.82, 2.24) is 9.97 Å². The summed E-state index contributed by atoms with van der Waals surface area (Å²) in [6.45, 7) is 1.77. The molecule has 0 bridgehead atoms. The molecular weight excluding hydrogens is 468 g/mol. The summed E-state index contributed by atoms with van der Waals surface area (Å²) in [4.78, 5) is 34.6. The van der Waals surface area contributed by atoms with Gasteiger partial charge in [-0.15, -0.1) is 0 Å². The molecule has 1 saturated heterocycles. The van der Waals surface area contributed by atoms with Gasteiger partial charge in [-0.2, -0.15) is 0 Å². The Labute approximate surface area is 215 Å². The number of esters is 2. The molecule has 1 aliphatic heterocycles. The van der Waals surface area contributed by atoms with Crippen LogP contribution >= 0.6 is 0 Å². The van der Waals surface area contributed by atoms with Crippen molar-refractivity contribution in [3.8, 4) is 11.3 Å². The summed E-state index contributed by atoms with van der Waals surface area (Å²) in [6, 6.07) is 29.2. The van der Waals surface area contributed by atoms with Crippen LogP contribution in [0.25, 0.3) is 11.3 Å². The van der Waals surface area contributed by atoms with Crippen molar-refractivity contribution < 1.29 is 23.8 Å². The monoisotopic (exact) mass is 494 g/mol. The molecule has 2 heterocycles. The SMILES string of the molecule is Cc1nc(-c2ccccc2)cc([C@@H]2C[C@H](OC(=O)c3ccccc3)[C@@H](COC(=O)c3ccccc3)O2)n1. The summed E-state index contributed by atoms with van der Waals surface area (Å²) in [5.74, 6) is -0.320. The maximum absolute atomic E-state index is 12.8. The van der Waals surface area contributed by atoms with Gasteiger partial charge in [0.2, 0.25) is 0 Å². The van der Waals surface area contributed by atoms with Crippen molar-refractivity contribution in [3.63, 3.8) is 0 Å². The Balaban J connectivity index is 1.37. The van der Waals surface area contributed by atoms with Gasteiger partial charge in [-0.25, -0.2) is 19.6 Å². The molecule has 7 nitrogen and oxygen atoms in total. The highest BCUT2D eigenvalue weighted by Crippen LogP contribution is 2.36. The molecule has 3 atom stereocenters. The zero-order chi connectivity index (χ0) is 25.6. The minimum absolute atomic E-state index is 0.0629. The summed E-state index contributed by atoms with van der Waals surface area (Å²) >= 11 is 0. The molecule has 0 unspecified atom stereocenters. The molecule has 0 aliphatic carbocycles. The van der Waals surface area contributed by atoms with E-state index in [1.807, 2.05) is 55.5 Å². The normalized spacial score (nSPS) is 18.8. The first kappa shape index (κ1) is 24.3. The van der Waals surface area contributed by atoms with E-state index in [0.29, 0.717) is 29.1 Å². The second-order valence-corrected chi connectivity index (χ2v) is 8.76. The fourth-order valence-corrected chi connectivity index (χ4v) is 4.29. The Morgan fingerprint density at radius 2 is 1.43 bits per heavy atom. The molecule has 37 heavy (non-hydrogen) atoms. The number of carbonyl (C=O) groups excluding carboxylic acids is 2. The average Bonchev–Trinajstić information content (AvgIpc) is 3.35. The van der Waals surface area contributed by atoms with Gasteiger partial charge in [-0.05, 0) is 37.3 Å². The van der Waals surface area contributed by atoms with Gasteiger partial charge in [0.25, 0.3) is 0 Å². The number of aryl methyl sites for hydroxylation is 1. The molecule has 0 N–H and O–H groups in total. The largest absolute Gasteiger partial charge is 0.459 e. The molecule has 0 spiro atoms. The summed E-state index contributed by atoms with van der Waals surface area (Å²) < 4.78 is 17.7. The van der Waals surface area contributed by atoms with Crippen LogP contribution in [0.3, 0.4) is 0 Å². The van der Waals surface area contributed by atoms with Crippen molar-refractivity contribution >= 4 is 11.9 Å². The maximum Gasteiger partial charge on any atom is 0.338 e. The first-order chi connectivity index (χ1) is 18.1. The number of carbonyl (C=O) groups is 2. The molecule has 0 radical (unpaired) electrons. The highest BCUT2D eigenvalue weighted by atomic mass is 16.6. The zero-order valence-corrected chi connectivity index (χ0v) is 20.3. The number of benzene rings is 3. The third-order valence-corrected chi connectivity index (χ3v) is 6.11. The van der Waals surface area contributed by atoms with Crippen LogP contribution in [0.5, 0.6) is 0 Å². The minimum atomic E-state index is -0.652. The second kappa shape index (κ2) is 11.1. The van der Waals surface area contributed by atoms with Crippen LogP contribution in [0.15, 0.2) is 97.1 Å².